The van der Waals surface area contributed by atoms with E-state index < -0.39 is 17.9 Å². The van der Waals surface area contributed by atoms with Gasteiger partial charge in [0, 0.05) is 13.3 Å². The normalized spacial score (nSPS) is 11.0. The van der Waals surface area contributed by atoms with E-state index >= 15 is 0 Å². The van der Waals surface area contributed by atoms with Crippen LogP contribution in [-0.4, -0.2) is 30.9 Å². The summed E-state index contributed by atoms with van der Waals surface area (Å²) >= 11 is 0. The Morgan fingerprint density at radius 2 is 2.00 bits per heavy atom. The van der Waals surface area contributed by atoms with Crippen LogP contribution in [0.1, 0.15) is 36.5 Å². The summed E-state index contributed by atoms with van der Waals surface area (Å²) in [6.45, 7) is 1.35. The second kappa shape index (κ2) is 9.26. The molecule has 0 spiro atoms. The number of hydrogen-bond donors (Lipinski definition) is 2. The highest BCUT2D eigenvalue weighted by Gasteiger charge is 2.22. The molecule has 0 aromatic heterocycles. The third-order valence-electron chi connectivity index (χ3n) is 3.09. The van der Waals surface area contributed by atoms with Crippen molar-refractivity contribution >= 4 is 23.5 Å². The van der Waals surface area contributed by atoms with Crippen LogP contribution in [-0.2, 0) is 14.3 Å². The van der Waals surface area contributed by atoms with Crippen molar-refractivity contribution in [3.05, 3.63) is 29.8 Å². The smallest absolute Gasteiger partial charge is 0.328 e. The third-order valence-corrected chi connectivity index (χ3v) is 3.09. The van der Waals surface area contributed by atoms with Crippen LogP contribution >= 0.6 is 0 Å². The van der Waals surface area contributed by atoms with E-state index in [0.717, 1.165) is 0 Å². The number of hydrogen-bond acceptors (Lipinski definition) is 4. The summed E-state index contributed by atoms with van der Waals surface area (Å²) in [7, 11) is 1.26. The summed E-state index contributed by atoms with van der Waals surface area (Å²) in [6.07, 6.45) is 6.66. The summed E-state index contributed by atoms with van der Waals surface area (Å²) in [5.41, 5.74) is 0.651. The van der Waals surface area contributed by atoms with Crippen molar-refractivity contribution in [1.82, 2.24) is 5.32 Å². The highest BCUT2D eigenvalue weighted by atomic mass is 16.5. The van der Waals surface area contributed by atoms with Gasteiger partial charge in [0.25, 0.3) is 5.91 Å². The lowest BCUT2D eigenvalue weighted by Gasteiger charge is -2.17. The molecule has 0 saturated carbocycles. The molecule has 122 valence electrons. The number of terminal acetylenes is 1. The number of rotatable bonds is 7. The number of amides is 2. The number of ether oxygens (including phenoxy) is 1. The molecule has 23 heavy (non-hydrogen) atoms. The fourth-order valence-corrected chi connectivity index (χ4v) is 2.02. The quantitative estimate of drug-likeness (QED) is 0.456. The minimum atomic E-state index is -0.786. The lowest BCUT2D eigenvalue weighted by Crippen LogP contribution is -2.41. The molecule has 0 aliphatic rings. The van der Waals surface area contributed by atoms with Gasteiger partial charge in [0.2, 0.25) is 5.91 Å². The molecule has 1 aromatic carbocycles. The maximum atomic E-state index is 12.4. The number of unbranched alkanes of at least 4 members (excludes halogenated alkanes) is 1. The summed E-state index contributed by atoms with van der Waals surface area (Å²) < 4.78 is 4.70. The van der Waals surface area contributed by atoms with Crippen LogP contribution in [0.5, 0.6) is 0 Å². The Bertz CT molecular complexity index is 619. The molecule has 0 aliphatic carbocycles. The summed E-state index contributed by atoms with van der Waals surface area (Å²) in [5, 5.41) is 5.20. The van der Waals surface area contributed by atoms with Crippen LogP contribution < -0.4 is 10.6 Å². The monoisotopic (exact) mass is 316 g/mol. The van der Waals surface area contributed by atoms with E-state index in [0.29, 0.717) is 24.9 Å². The number of anilines is 1. The maximum Gasteiger partial charge on any atom is 0.328 e. The minimum Gasteiger partial charge on any atom is -0.467 e. The Labute approximate surface area is 135 Å². The molecule has 0 fully saturated rings. The van der Waals surface area contributed by atoms with E-state index in [2.05, 4.69) is 16.6 Å². The van der Waals surface area contributed by atoms with Crippen LogP contribution in [0.3, 0.4) is 0 Å². The van der Waals surface area contributed by atoms with Crippen molar-refractivity contribution in [2.75, 3.05) is 12.4 Å². The molecule has 0 radical (unpaired) electrons. The van der Waals surface area contributed by atoms with E-state index in [1.165, 1.54) is 14.0 Å². The number of esters is 1. The molecule has 0 aliphatic heterocycles. The standard InChI is InChI=1S/C17H20N2O4/c1-4-5-6-11-15(17(22)23-3)19-16(21)13-9-7-8-10-14(13)18-12(2)20/h1,7-10,15H,5-6,11H2,2-3H3,(H,18,20)(H,19,21)/t15-/m0/s1. The first-order valence-electron chi connectivity index (χ1n) is 7.18. The second-order valence-corrected chi connectivity index (χ2v) is 4.87. The van der Waals surface area contributed by atoms with Crippen molar-refractivity contribution < 1.29 is 19.1 Å². The predicted octanol–water partition coefficient (Wildman–Crippen LogP) is 1.72. The van der Waals surface area contributed by atoms with Gasteiger partial charge in [-0.25, -0.2) is 4.79 Å². The van der Waals surface area contributed by atoms with Crippen molar-refractivity contribution in [3.8, 4) is 12.3 Å². The van der Waals surface area contributed by atoms with Crippen molar-refractivity contribution in [3.63, 3.8) is 0 Å². The molecule has 6 heteroatoms. The van der Waals surface area contributed by atoms with Gasteiger partial charge in [-0.2, -0.15) is 0 Å². The second-order valence-electron chi connectivity index (χ2n) is 4.87. The Balaban J connectivity index is 2.88. The highest BCUT2D eigenvalue weighted by Crippen LogP contribution is 2.15. The molecular weight excluding hydrogens is 296 g/mol. The minimum absolute atomic E-state index is 0.272. The van der Waals surface area contributed by atoms with E-state index in [4.69, 9.17) is 11.2 Å². The molecule has 0 unspecified atom stereocenters. The average molecular weight is 316 g/mol. The molecule has 0 heterocycles. The van der Waals surface area contributed by atoms with Gasteiger partial charge < -0.3 is 15.4 Å². The number of carbonyl (C=O) groups is 3. The summed E-state index contributed by atoms with van der Waals surface area (Å²) in [5.74, 6) is 1.19. The molecule has 1 aromatic rings. The van der Waals surface area contributed by atoms with Crippen LogP contribution in [0, 0.1) is 12.3 Å². The summed E-state index contributed by atoms with van der Waals surface area (Å²) in [4.78, 5) is 35.4. The van der Waals surface area contributed by atoms with Crippen LogP contribution in [0.15, 0.2) is 24.3 Å². The van der Waals surface area contributed by atoms with Gasteiger partial charge in [0.15, 0.2) is 0 Å². The summed E-state index contributed by atoms with van der Waals surface area (Å²) in [6, 6.07) is 5.77. The van der Waals surface area contributed by atoms with Gasteiger partial charge in [0.1, 0.15) is 6.04 Å². The lowest BCUT2D eigenvalue weighted by atomic mass is 10.1. The Hall–Kier alpha value is -2.81. The number of methoxy groups -OCH3 is 1. The van der Waals surface area contributed by atoms with Gasteiger partial charge in [-0.05, 0) is 25.0 Å². The molecule has 1 atom stereocenters. The number of para-hydroxylation sites is 1. The molecule has 0 saturated heterocycles. The van der Waals surface area contributed by atoms with Crippen LogP contribution in [0.25, 0.3) is 0 Å². The van der Waals surface area contributed by atoms with Crippen LogP contribution in [0.2, 0.25) is 0 Å². The van der Waals surface area contributed by atoms with Crippen molar-refractivity contribution in [2.45, 2.75) is 32.2 Å². The first kappa shape index (κ1) is 18.2. The number of nitrogens with one attached hydrogen (secondary N) is 2. The van der Waals surface area contributed by atoms with E-state index in [9.17, 15) is 14.4 Å². The van der Waals surface area contributed by atoms with Crippen molar-refractivity contribution in [2.24, 2.45) is 0 Å². The molecule has 1 rings (SSSR count). The Kier molecular flexibility index (Phi) is 7.34. The zero-order valence-electron chi connectivity index (χ0n) is 13.2. The predicted molar refractivity (Wildman–Crippen MR) is 86.7 cm³/mol. The third kappa shape index (κ3) is 5.83. The number of benzene rings is 1. The van der Waals surface area contributed by atoms with Crippen LogP contribution in [0.4, 0.5) is 5.69 Å². The largest absolute Gasteiger partial charge is 0.467 e. The van der Waals surface area contributed by atoms with Gasteiger partial charge in [-0.15, -0.1) is 12.3 Å². The van der Waals surface area contributed by atoms with Gasteiger partial charge in [-0.1, -0.05) is 12.1 Å². The molecule has 2 amide bonds. The van der Waals surface area contributed by atoms with Crippen molar-refractivity contribution in [1.29, 1.82) is 0 Å². The van der Waals surface area contributed by atoms with E-state index in [1.807, 2.05) is 0 Å². The fraction of sp³-hybridized carbons (Fsp3) is 0.353. The Morgan fingerprint density at radius 1 is 1.30 bits per heavy atom. The van der Waals surface area contributed by atoms with E-state index in [-0.39, 0.29) is 11.5 Å². The Morgan fingerprint density at radius 3 is 2.61 bits per heavy atom. The molecule has 0 bridgehead atoms. The van der Waals surface area contributed by atoms with Gasteiger partial charge in [-0.3, -0.25) is 9.59 Å². The maximum absolute atomic E-state index is 12.4. The lowest BCUT2D eigenvalue weighted by molar-refractivity contribution is -0.143. The topological polar surface area (TPSA) is 84.5 Å². The molecule has 6 nitrogen and oxygen atoms in total. The van der Waals surface area contributed by atoms with Gasteiger partial charge >= 0.3 is 5.97 Å². The average Bonchev–Trinajstić information content (AvgIpc) is 2.53. The zero-order valence-corrected chi connectivity index (χ0v) is 13.2. The number of carbonyl (C=O) groups excluding carboxylic acids is 3. The SMILES string of the molecule is C#CCCC[C@H](NC(=O)c1ccccc1NC(C)=O)C(=O)OC. The highest BCUT2D eigenvalue weighted by molar-refractivity contribution is 6.04. The first-order valence-corrected chi connectivity index (χ1v) is 7.18. The molecular formula is C17H20N2O4. The van der Waals surface area contributed by atoms with E-state index in [1.54, 1.807) is 24.3 Å². The van der Waals surface area contributed by atoms with Gasteiger partial charge in [0.05, 0.1) is 18.4 Å². The fourth-order valence-electron chi connectivity index (χ4n) is 2.02. The zero-order chi connectivity index (χ0) is 17.2. The molecule has 2 N–H and O–H groups in total. The first-order chi connectivity index (χ1) is 11.0.